The summed E-state index contributed by atoms with van der Waals surface area (Å²) in [5, 5.41) is 0. The Kier molecular flexibility index (Phi) is 3.98. The van der Waals surface area contributed by atoms with Crippen LogP contribution in [0.5, 0.6) is 0 Å². The van der Waals surface area contributed by atoms with E-state index in [-0.39, 0.29) is 11.5 Å². The number of carbonyl (C=O) groups excluding carboxylic acids is 1. The predicted molar refractivity (Wildman–Crippen MR) is 91.3 cm³/mol. The van der Waals surface area contributed by atoms with E-state index in [2.05, 4.69) is 0 Å². The van der Waals surface area contributed by atoms with Crippen LogP contribution in [0.3, 0.4) is 0 Å². The molecule has 0 fully saturated rings. The average Bonchev–Trinajstić information content (AvgIpc) is 2.93. The largest absolute Gasteiger partial charge is 0.295 e. The first-order valence-corrected chi connectivity index (χ1v) is 9.18. The van der Waals surface area contributed by atoms with Crippen LogP contribution in [-0.2, 0) is 22.2 Å². The zero-order valence-corrected chi connectivity index (χ0v) is 14.1. The fraction of sp³-hybridized carbons (Fsp3) is 0.278. The SMILES string of the molecule is CC(=O)c1ccc2c(c1)CCN2S(=O)(=O)Cc1ccccc1C. The molecule has 1 heterocycles. The molecule has 0 atom stereocenters. The summed E-state index contributed by atoms with van der Waals surface area (Å²) in [5.41, 5.74) is 4.04. The van der Waals surface area contributed by atoms with Gasteiger partial charge < -0.3 is 0 Å². The molecule has 0 radical (unpaired) electrons. The molecular weight excluding hydrogens is 310 g/mol. The van der Waals surface area contributed by atoms with Crippen molar-refractivity contribution in [3.8, 4) is 0 Å². The lowest BCUT2D eigenvalue weighted by atomic mass is 10.1. The zero-order chi connectivity index (χ0) is 16.6. The first-order valence-electron chi connectivity index (χ1n) is 7.57. The van der Waals surface area contributed by atoms with Crippen LogP contribution in [0.2, 0.25) is 0 Å². The third kappa shape index (κ3) is 3.01. The molecule has 0 aromatic heterocycles. The van der Waals surface area contributed by atoms with Gasteiger partial charge in [-0.25, -0.2) is 8.42 Å². The number of Topliss-reactive ketones (excluding diaryl/α,β-unsaturated/α-hetero) is 1. The van der Waals surface area contributed by atoms with E-state index in [0.29, 0.717) is 24.2 Å². The summed E-state index contributed by atoms with van der Waals surface area (Å²) in [5.74, 6) is -0.0119. The van der Waals surface area contributed by atoms with Crippen LogP contribution in [0, 0.1) is 6.92 Å². The van der Waals surface area contributed by atoms with Crippen molar-refractivity contribution in [1.82, 2.24) is 0 Å². The number of hydrogen-bond donors (Lipinski definition) is 0. The molecule has 0 spiro atoms. The lowest BCUT2D eigenvalue weighted by Crippen LogP contribution is -2.30. The topological polar surface area (TPSA) is 54.5 Å². The highest BCUT2D eigenvalue weighted by Crippen LogP contribution is 2.32. The lowest BCUT2D eigenvalue weighted by Gasteiger charge is -2.20. The molecule has 0 bridgehead atoms. The summed E-state index contributed by atoms with van der Waals surface area (Å²) in [4.78, 5) is 11.5. The molecule has 0 unspecified atom stereocenters. The van der Waals surface area contributed by atoms with E-state index in [1.165, 1.54) is 11.2 Å². The quantitative estimate of drug-likeness (QED) is 0.810. The van der Waals surface area contributed by atoms with E-state index in [9.17, 15) is 13.2 Å². The van der Waals surface area contributed by atoms with E-state index in [0.717, 1.165) is 16.7 Å². The van der Waals surface area contributed by atoms with Gasteiger partial charge in [-0.05, 0) is 55.2 Å². The van der Waals surface area contributed by atoms with Crippen molar-refractivity contribution in [2.24, 2.45) is 0 Å². The number of hydrogen-bond acceptors (Lipinski definition) is 3. The Balaban J connectivity index is 1.92. The second-order valence-corrected chi connectivity index (χ2v) is 7.80. The number of nitrogens with zero attached hydrogens (tertiary/aromatic N) is 1. The smallest absolute Gasteiger partial charge is 0.239 e. The molecule has 3 rings (SSSR count). The number of ketones is 1. The van der Waals surface area contributed by atoms with E-state index in [4.69, 9.17) is 0 Å². The lowest BCUT2D eigenvalue weighted by molar-refractivity contribution is 0.101. The highest BCUT2D eigenvalue weighted by Gasteiger charge is 2.30. The summed E-state index contributed by atoms with van der Waals surface area (Å²) < 4.78 is 27.1. The maximum Gasteiger partial charge on any atom is 0.239 e. The standard InChI is InChI=1S/C18H19NO3S/c1-13-5-3-4-6-17(13)12-23(21,22)19-10-9-16-11-15(14(2)20)7-8-18(16)19/h3-8,11H,9-10,12H2,1-2H3. The van der Waals surface area contributed by atoms with Gasteiger partial charge in [-0.3, -0.25) is 9.10 Å². The monoisotopic (exact) mass is 329 g/mol. The molecule has 0 aliphatic carbocycles. The minimum atomic E-state index is -3.43. The molecule has 0 amide bonds. The van der Waals surface area contributed by atoms with Gasteiger partial charge in [0.05, 0.1) is 11.4 Å². The average molecular weight is 329 g/mol. The molecular formula is C18H19NO3S. The van der Waals surface area contributed by atoms with E-state index < -0.39 is 10.0 Å². The molecule has 0 saturated carbocycles. The number of aryl methyl sites for hydroxylation is 1. The van der Waals surface area contributed by atoms with Gasteiger partial charge in [0.15, 0.2) is 5.78 Å². The van der Waals surface area contributed by atoms with Crippen LogP contribution < -0.4 is 4.31 Å². The van der Waals surface area contributed by atoms with Crippen molar-refractivity contribution in [2.45, 2.75) is 26.0 Å². The molecule has 1 aliphatic rings. The molecule has 120 valence electrons. The maximum absolute atomic E-state index is 12.8. The van der Waals surface area contributed by atoms with Gasteiger partial charge in [0, 0.05) is 12.1 Å². The number of carbonyl (C=O) groups is 1. The third-order valence-electron chi connectivity index (χ3n) is 4.27. The Morgan fingerprint density at radius 3 is 2.61 bits per heavy atom. The highest BCUT2D eigenvalue weighted by atomic mass is 32.2. The second-order valence-electron chi connectivity index (χ2n) is 5.90. The Morgan fingerprint density at radius 2 is 1.91 bits per heavy atom. The van der Waals surface area contributed by atoms with Crippen LogP contribution in [-0.4, -0.2) is 20.7 Å². The van der Waals surface area contributed by atoms with E-state index >= 15 is 0 Å². The van der Waals surface area contributed by atoms with Gasteiger partial charge in [-0.2, -0.15) is 0 Å². The van der Waals surface area contributed by atoms with Gasteiger partial charge in [-0.1, -0.05) is 24.3 Å². The molecule has 2 aromatic rings. The Morgan fingerprint density at radius 1 is 1.17 bits per heavy atom. The number of benzene rings is 2. The number of rotatable bonds is 4. The first-order chi connectivity index (χ1) is 10.9. The normalized spacial score (nSPS) is 13.9. The van der Waals surface area contributed by atoms with Crippen molar-refractivity contribution in [2.75, 3.05) is 10.8 Å². The minimum Gasteiger partial charge on any atom is -0.295 e. The van der Waals surface area contributed by atoms with Crippen LogP contribution in [0.25, 0.3) is 0 Å². The highest BCUT2D eigenvalue weighted by molar-refractivity contribution is 7.92. The van der Waals surface area contributed by atoms with Crippen molar-refractivity contribution in [3.05, 3.63) is 64.7 Å². The van der Waals surface area contributed by atoms with Gasteiger partial charge >= 0.3 is 0 Å². The number of sulfonamides is 1. The molecule has 2 aromatic carbocycles. The van der Waals surface area contributed by atoms with E-state index in [1.54, 1.807) is 18.2 Å². The first kappa shape index (κ1) is 15.7. The molecule has 0 saturated heterocycles. The van der Waals surface area contributed by atoms with E-state index in [1.807, 2.05) is 31.2 Å². The minimum absolute atomic E-state index is 0.00554. The summed E-state index contributed by atoms with van der Waals surface area (Å²) in [7, 11) is -3.43. The van der Waals surface area contributed by atoms with Crippen molar-refractivity contribution >= 4 is 21.5 Å². The molecule has 23 heavy (non-hydrogen) atoms. The van der Waals surface area contributed by atoms with Crippen LogP contribution in [0.4, 0.5) is 5.69 Å². The van der Waals surface area contributed by atoms with Crippen molar-refractivity contribution in [1.29, 1.82) is 0 Å². The molecule has 0 N–H and O–H groups in total. The molecule has 1 aliphatic heterocycles. The summed E-state index contributed by atoms with van der Waals surface area (Å²) in [6.07, 6.45) is 0.642. The molecule has 5 heteroatoms. The second kappa shape index (κ2) is 5.81. The van der Waals surface area contributed by atoms with Gasteiger partial charge in [0.1, 0.15) is 0 Å². The fourth-order valence-electron chi connectivity index (χ4n) is 2.93. The summed E-state index contributed by atoms with van der Waals surface area (Å²) in [6, 6.07) is 12.8. The Labute approximate surface area is 136 Å². The van der Waals surface area contributed by atoms with Gasteiger partial charge in [-0.15, -0.1) is 0 Å². The molecule has 4 nitrogen and oxygen atoms in total. The van der Waals surface area contributed by atoms with Crippen molar-refractivity contribution in [3.63, 3.8) is 0 Å². The Bertz CT molecular complexity index is 872. The van der Waals surface area contributed by atoms with Crippen LogP contribution in [0.15, 0.2) is 42.5 Å². The maximum atomic E-state index is 12.8. The van der Waals surface area contributed by atoms with Crippen LogP contribution >= 0.6 is 0 Å². The van der Waals surface area contributed by atoms with Crippen LogP contribution in [0.1, 0.15) is 34.0 Å². The van der Waals surface area contributed by atoms with Gasteiger partial charge in [0.25, 0.3) is 0 Å². The number of anilines is 1. The predicted octanol–water partition coefficient (Wildman–Crippen LogP) is 3.09. The Hall–Kier alpha value is -2.14. The van der Waals surface area contributed by atoms with Crippen molar-refractivity contribution < 1.29 is 13.2 Å². The zero-order valence-electron chi connectivity index (χ0n) is 13.2. The summed E-state index contributed by atoms with van der Waals surface area (Å²) in [6.45, 7) is 3.87. The number of fused-ring (bicyclic) bond motifs is 1. The van der Waals surface area contributed by atoms with Gasteiger partial charge in [0.2, 0.25) is 10.0 Å². The summed E-state index contributed by atoms with van der Waals surface area (Å²) >= 11 is 0. The third-order valence-corrected chi connectivity index (χ3v) is 6.00. The fourth-order valence-corrected chi connectivity index (χ4v) is 4.65.